The second kappa shape index (κ2) is 5.56. The van der Waals surface area contributed by atoms with Gasteiger partial charge in [0.2, 0.25) is 5.91 Å². The molecule has 1 aromatic carbocycles. The monoisotopic (exact) mass is 284 g/mol. The molecule has 0 aliphatic carbocycles. The lowest BCUT2D eigenvalue weighted by atomic mass is 10.1. The second-order valence-electron chi connectivity index (χ2n) is 4.74. The molecule has 1 aliphatic rings. The van der Waals surface area contributed by atoms with Crippen molar-refractivity contribution in [3.8, 4) is 0 Å². The first-order valence-corrected chi connectivity index (χ1v) is 6.24. The molecule has 0 bridgehead atoms. The van der Waals surface area contributed by atoms with Crippen molar-refractivity contribution in [3.63, 3.8) is 0 Å². The van der Waals surface area contributed by atoms with Crippen LogP contribution in [0.2, 0.25) is 0 Å². The first-order valence-electron chi connectivity index (χ1n) is 6.24. The van der Waals surface area contributed by atoms with Gasteiger partial charge in [-0.3, -0.25) is 4.79 Å². The zero-order valence-corrected chi connectivity index (χ0v) is 10.8. The predicted molar refractivity (Wildman–Crippen MR) is 69.9 cm³/mol. The van der Waals surface area contributed by atoms with Crippen LogP contribution in [0.25, 0.3) is 0 Å². The maximum atomic E-state index is 12.5. The highest BCUT2D eigenvalue weighted by Crippen LogP contribution is 2.30. The van der Waals surface area contributed by atoms with Crippen LogP contribution in [0.3, 0.4) is 0 Å². The standard InChI is InChI=1S/C14H15F3N2O/c15-14(16,17)11-4-6-19(7-5-11)13(20)9-10-2-1-3-12(18)8-10/h1-4,8H,5-7,9,18H2. The van der Waals surface area contributed by atoms with E-state index < -0.39 is 11.7 Å². The topological polar surface area (TPSA) is 46.3 Å². The van der Waals surface area contributed by atoms with Crippen LogP contribution in [-0.4, -0.2) is 30.1 Å². The van der Waals surface area contributed by atoms with Crippen molar-refractivity contribution in [2.24, 2.45) is 0 Å². The van der Waals surface area contributed by atoms with Gasteiger partial charge in [-0.15, -0.1) is 0 Å². The molecule has 0 aromatic heterocycles. The molecule has 1 aromatic rings. The number of rotatable bonds is 2. The van der Waals surface area contributed by atoms with E-state index in [4.69, 9.17) is 5.73 Å². The molecule has 1 heterocycles. The SMILES string of the molecule is Nc1cccc(CC(=O)N2CC=C(C(F)(F)F)CC2)c1. The molecule has 0 saturated carbocycles. The Morgan fingerprint density at radius 3 is 2.65 bits per heavy atom. The van der Waals surface area contributed by atoms with Crippen molar-refractivity contribution in [3.05, 3.63) is 41.5 Å². The number of hydrogen-bond donors (Lipinski definition) is 1. The van der Waals surface area contributed by atoms with Crippen LogP contribution in [0.15, 0.2) is 35.9 Å². The third kappa shape index (κ3) is 3.53. The predicted octanol–water partition coefficient (Wildman–Crippen LogP) is 2.53. The van der Waals surface area contributed by atoms with Gasteiger partial charge in [-0.2, -0.15) is 13.2 Å². The Morgan fingerprint density at radius 2 is 2.10 bits per heavy atom. The zero-order valence-electron chi connectivity index (χ0n) is 10.8. The van der Waals surface area contributed by atoms with Gasteiger partial charge in [0.25, 0.3) is 0 Å². The Labute approximate surface area is 114 Å². The minimum absolute atomic E-state index is 0.00991. The van der Waals surface area contributed by atoms with Gasteiger partial charge in [0, 0.05) is 24.4 Å². The summed E-state index contributed by atoms with van der Waals surface area (Å²) in [4.78, 5) is 13.4. The molecule has 1 aliphatic heterocycles. The number of carbonyl (C=O) groups is 1. The lowest BCUT2D eigenvalue weighted by Crippen LogP contribution is -2.37. The Balaban J connectivity index is 1.97. The van der Waals surface area contributed by atoms with Gasteiger partial charge in [-0.05, 0) is 24.1 Å². The largest absolute Gasteiger partial charge is 0.412 e. The molecular formula is C14H15F3N2O. The van der Waals surface area contributed by atoms with Gasteiger partial charge >= 0.3 is 6.18 Å². The summed E-state index contributed by atoms with van der Waals surface area (Å²) in [5.41, 5.74) is 6.40. The summed E-state index contributed by atoms with van der Waals surface area (Å²) in [5.74, 6) is -0.187. The third-order valence-corrected chi connectivity index (χ3v) is 3.23. The number of benzene rings is 1. The van der Waals surface area contributed by atoms with E-state index in [1.807, 2.05) is 0 Å². The molecule has 0 atom stereocenters. The molecule has 0 fully saturated rings. The summed E-state index contributed by atoms with van der Waals surface area (Å²) in [6.45, 7) is 0.114. The van der Waals surface area contributed by atoms with E-state index in [0.717, 1.165) is 11.6 Å². The number of carbonyl (C=O) groups excluding carboxylic acids is 1. The van der Waals surface area contributed by atoms with Crippen molar-refractivity contribution in [2.45, 2.75) is 19.0 Å². The van der Waals surface area contributed by atoms with Crippen LogP contribution in [0.1, 0.15) is 12.0 Å². The van der Waals surface area contributed by atoms with Crippen molar-refractivity contribution >= 4 is 11.6 Å². The highest BCUT2D eigenvalue weighted by atomic mass is 19.4. The summed E-state index contributed by atoms with van der Waals surface area (Å²) in [6.07, 6.45) is -3.20. The summed E-state index contributed by atoms with van der Waals surface area (Å²) >= 11 is 0. The molecule has 108 valence electrons. The molecule has 0 spiro atoms. The van der Waals surface area contributed by atoms with E-state index >= 15 is 0 Å². The maximum Gasteiger partial charge on any atom is 0.412 e. The number of halogens is 3. The second-order valence-corrected chi connectivity index (χ2v) is 4.74. The van der Waals surface area contributed by atoms with Crippen LogP contribution in [0, 0.1) is 0 Å². The maximum absolute atomic E-state index is 12.5. The van der Waals surface area contributed by atoms with E-state index in [9.17, 15) is 18.0 Å². The quantitative estimate of drug-likeness (QED) is 0.670. The normalized spacial score (nSPS) is 15.9. The smallest absolute Gasteiger partial charge is 0.399 e. The molecule has 1 amide bonds. The minimum atomic E-state index is -4.29. The number of anilines is 1. The lowest BCUT2D eigenvalue weighted by molar-refractivity contribution is -0.131. The number of amides is 1. The fourth-order valence-corrected chi connectivity index (χ4v) is 2.14. The van der Waals surface area contributed by atoms with Crippen molar-refractivity contribution < 1.29 is 18.0 Å². The van der Waals surface area contributed by atoms with Gasteiger partial charge in [0.1, 0.15) is 0 Å². The first-order chi connectivity index (χ1) is 9.36. The molecular weight excluding hydrogens is 269 g/mol. The molecule has 0 radical (unpaired) electrons. The van der Waals surface area contributed by atoms with Gasteiger partial charge in [-0.1, -0.05) is 18.2 Å². The van der Waals surface area contributed by atoms with E-state index in [2.05, 4.69) is 0 Å². The molecule has 0 saturated heterocycles. The highest BCUT2D eigenvalue weighted by Gasteiger charge is 2.35. The Bertz CT molecular complexity index is 537. The number of alkyl halides is 3. The highest BCUT2D eigenvalue weighted by molar-refractivity contribution is 5.79. The molecule has 0 unspecified atom stereocenters. The number of nitrogen functional groups attached to an aromatic ring is 1. The Hall–Kier alpha value is -1.98. The van der Waals surface area contributed by atoms with Crippen molar-refractivity contribution in [1.29, 1.82) is 0 Å². The fraction of sp³-hybridized carbons (Fsp3) is 0.357. The van der Waals surface area contributed by atoms with Gasteiger partial charge in [0.05, 0.1) is 6.42 Å². The average molecular weight is 284 g/mol. The van der Waals surface area contributed by atoms with E-state index in [-0.39, 0.29) is 31.8 Å². The molecule has 2 N–H and O–H groups in total. The number of nitrogens with zero attached hydrogens (tertiary/aromatic N) is 1. The van der Waals surface area contributed by atoms with E-state index in [1.165, 1.54) is 4.90 Å². The molecule has 6 heteroatoms. The van der Waals surface area contributed by atoms with Gasteiger partial charge in [-0.25, -0.2) is 0 Å². The van der Waals surface area contributed by atoms with Crippen molar-refractivity contribution in [2.75, 3.05) is 18.8 Å². The zero-order chi connectivity index (χ0) is 14.8. The Kier molecular flexibility index (Phi) is 4.01. The van der Waals surface area contributed by atoms with E-state index in [0.29, 0.717) is 5.69 Å². The number of nitrogens with two attached hydrogens (primary N) is 1. The minimum Gasteiger partial charge on any atom is -0.399 e. The van der Waals surface area contributed by atoms with Crippen LogP contribution >= 0.6 is 0 Å². The number of hydrogen-bond acceptors (Lipinski definition) is 2. The van der Waals surface area contributed by atoms with Crippen LogP contribution in [-0.2, 0) is 11.2 Å². The summed E-state index contributed by atoms with van der Waals surface area (Å²) in [6, 6.07) is 6.93. The summed E-state index contributed by atoms with van der Waals surface area (Å²) in [7, 11) is 0. The fourth-order valence-electron chi connectivity index (χ4n) is 2.14. The van der Waals surface area contributed by atoms with Gasteiger partial charge in [0.15, 0.2) is 0 Å². The molecule has 2 rings (SSSR count). The van der Waals surface area contributed by atoms with Crippen LogP contribution in [0.5, 0.6) is 0 Å². The van der Waals surface area contributed by atoms with Gasteiger partial charge < -0.3 is 10.6 Å². The molecule has 20 heavy (non-hydrogen) atoms. The summed E-state index contributed by atoms with van der Waals surface area (Å²) in [5, 5.41) is 0. The molecule has 3 nitrogen and oxygen atoms in total. The Morgan fingerprint density at radius 1 is 1.35 bits per heavy atom. The van der Waals surface area contributed by atoms with E-state index in [1.54, 1.807) is 24.3 Å². The van der Waals surface area contributed by atoms with Crippen molar-refractivity contribution in [1.82, 2.24) is 4.90 Å². The van der Waals surface area contributed by atoms with Crippen LogP contribution < -0.4 is 5.73 Å². The summed E-state index contributed by atoms with van der Waals surface area (Å²) < 4.78 is 37.4. The van der Waals surface area contributed by atoms with Crippen LogP contribution in [0.4, 0.5) is 18.9 Å². The first kappa shape index (κ1) is 14.4. The third-order valence-electron chi connectivity index (χ3n) is 3.23. The average Bonchev–Trinajstić information content (AvgIpc) is 2.38. The lowest BCUT2D eigenvalue weighted by Gasteiger charge is -2.27.